The highest BCUT2D eigenvalue weighted by atomic mass is 32.1. The molecule has 1 N–H and O–H groups in total. The molecule has 1 atom stereocenters. The minimum Gasteiger partial charge on any atom is -0.487 e. The predicted octanol–water partition coefficient (Wildman–Crippen LogP) is 4.14. The van der Waals surface area contributed by atoms with Crippen LogP contribution >= 0.6 is 11.3 Å². The lowest BCUT2D eigenvalue weighted by atomic mass is 9.95. The zero-order valence-electron chi connectivity index (χ0n) is 18.9. The summed E-state index contributed by atoms with van der Waals surface area (Å²) in [5.74, 6) is -0.645. The van der Waals surface area contributed by atoms with Crippen LogP contribution in [0.1, 0.15) is 54.4 Å². The third-order valence-corrected chi connectivity index (χ3v) is 7.10. The lowest BCUT2D eigenvalue weighted by molar-refractivity contribution is -0.137. The number of benzene rings is 1. The highest BCUT2D eigenvalue weighted by Gasteiger charge is 2.33. The molecule has 3 heterocycles. The van der Waals surface area contributed by atoms with E-state index in [4.69, 9.17) is 9.47 Å². The van der Waals surface area contributed by atoms with Gasteiger partial charge in [-0.2, -0.15) is 18.2 Å². The average molecular weight is 484 g/mol. The van der Waals surface area contributed by atoms with Gasteiger partial charge in [0.25, 0.3) is 5.91 Å². The van der Waals surface area contributed by atoms with E-state index in [0.29, 0.717) is 31.0 Å². The Labute approximate surface area is 194 Å². The van der Waals surface area contributed by atoms with E-state index >= 15 is 0 Å². The first-order chi connectivity index (χ1) is 15.5. The van der Waals surface area contributed by atoms with Crippen LogP contribution in [0.4, 0.5) is 13.2 Å². The molecule has 0 bridgehead atoms. The Morgan fingerprint density at radius 2 is 2.06 bits per heavy atom. The summed E-state index contributed by atoms with van der Waals surface area (Å²) in [4.78, 5) is 18.9. The van der Waals surface area contributed by atoms with Crippen LogP contribution in [0.15, 0.2) is 29.4 Å². The lowest BCUT2D eigenvalue weighted by Crippen LogP contribution is -2.50. The van der Waals surface area contributed by atoms with E-state index < -0.39 is 17.6 Å². The van der Waals surface area contributed by atoms with E-state index in [1.807, 2.05) is 10.8 Å². The summed E-state index contributed by atoms with van der Waals surface area (Å²) in [6, 6.07) is 2.97. The van der Waals surface area contributed by atoms with Crippen LogP contribution in [0.5, 0.6) is 5.75 Å². The number of nitrogens with one attached hydrogen (secondary N) is 1. The Hall–Kier alpha value is -2.17. The maximum atomic E-state index is 13.3. The average Bonchev–Trinajstić information content (AvgIpc) is 3.34. The van der Waals surface area contributed by atoms with Crippen molar-refractivity contribution in [3.05, 3.63) is 45.2 Å². The Balaban J connectivity index is 1.73. The van der Waals surface area contributed by atoms with Crippen LogP contribution in [0.3, 0.4) is 0 Å². The van der Waals surface area contributed by atoms with Gasteiger partial charge in [0.05, 0.1) is 23.8 Å². The van der Waals surface area contributed by atoms with Gasteiger partial charge in [-0.1, -0.05) is 20.8 Å². The summed E-state index contributed by atoms with van der Waals surface area (Å²) in [7, 11) is 0. The number of aromatic nitrogens is 1. The van der Waals surface area contributed by atoms with E-state index in [1.165, 1.54) is 17.4 Å². The van der Waals surface area contributed by atoms with E-state index in [1.54, 1.807) is 0 Å². The highest BCUT2D eigenvalue weighted by Crippen LogP contribution is 2.33. The maximum absolute atomic E-state index is 13.3. The second-order valence-electron chi connectivity index (χ2n) is 9.44. The molecule has 2 aliphatic heterocycles. The molecule has 0 aliphatic carbocycles. The van der Waals surface area contributed by atoms with Crippen molar-refractivity contribution in [2.24, 2.45) is 4.99 Å². The Bertz CT molecular complexity index is 1080. The molecule has 1 aromatic heterocycles. The molecule has 33 heavy (non-hydrogen) atoms. The summed E-state index contributed by atoms with van der Waals surface area (Å²) in [5, 5.41) is 3.04. The number of halogens is 3. The first kappa shape index (κ1) is 24.0. The molecule has 0 radical (unpaired) electrons. The molecule has 2 aliphatic rings. The highest BCUT2D eigenvalue weighted by molar-refractivity contribution is 7.09. The molecule has 2 fully saturated rings. The summed E-state index contributed by atoms with van der Waals surface area (Å²) in [6.45, 7) is 8.58. The van der Waals surface area contributed by atoms with Gasteiger partial charge in [-0.15, -0.1) is 11.3 Å². The van der Waals surface area contributed by atoms with Gasteiger partial charge in [0.1, 0.15) is 11.9 Å². The molecule has 4 rings (SSSR count). The quantitative estimate of drug-likeness (QED) is 0.695. The largest absolute Gasteiger partial charge is 0.487 e. The number of nitrogens with zero attached hydrogens (tertiary/aromatic N) is 2. The number of carbonyl (C=O) groups is 1. The maximum Gasteiger partial charge on any atom is 0.416 e. The Kier molecular flexibility index (Phi) is 6.70. The van der Waals surface area contributed by atoms with E-state index in [-0.39, 0.29) is 28.9 Å². The Morgan fingerprint density at radius 1 is 1.30 bits per heavy atom. The molecule has 1 aromatic carbocycles. The summed E-state index contributed by atoms with van der Waals surface area (Å²) in [5.41, 5.74) is -1.26. The number of amides is 1. The smallest absolute Gasteiger partial charge is 0.416 e. The summed E-state index contributed by atoms with van der Waals surface area (Å²) < 4.78 is 53.4. The molecule has 0 unspecified atom stereocenters. The van der Waals surface area contributed by atoms with E-state index in [2.05, 4.69) is 31.1 Å². The number of thiazole rings is 1. The van der Waals surface area contributed by atoms with Gasteiger partial charge in [-0.05, 0) is 36.5 Å². The van der Waals surface area contributed by atoms with Crippen molar-refractivity contribution in [3.8, 4) is 5.75 Å². The van der Waals surface area contributed by atoms with Crippen LogP contribution < -0.4 is 14.9 Å². The molecule has 10 heteroatoms. The first-order valence-corrected chi connectivity index (χ1v) is 11.8. The number of hydrogen-bond acceptors (Lipinski definition) is 5. The SMILES string of the molecule is CC(C)(C)c1cn(C[C@H]2CCCO2)/c(=N/C(=O)c2cc(C(F)(F)F)ccc2OC2CNC2)s1. The fraction of sp³-hybridized carbons (Fsp3) is 0.565. The topological polar surface area (TPSA) is 64.9 Å². The molecule has 1 amide bonds. The van der Waals surface area contributed by atoms with Crippen LogP contribution in [-0.2, 0) is 22.9 Å². The molecular formula is C23H28F3N3O3S. The summed E-state index contributed by atoms with van der Waals surface area (Å²) in [6.07, 6.45) is -0.877. The van der Waals surface area contributed by atoms with Crippen molar-refractivity contribution in [3.63, 3.8) is 0 Å². The number of alkyl halides is 3. The second kappa shape index (κ2) is 9.23. The number of carbonyl (C=O) groups excluding carboxylic acids is 1. The standard InChI is InChI=1S/C23H28F3N3O3S/c1-22(2,3)19-13-29(12-15-5-4-8-31-15)21(33-19)28-20(30)17-9-14(23(24,25)26)6-7-18(17)32-16-10-27-11-16/h6-7,9,13,15-16,27H,4-5,8,10-12H2,1-3H3/b28-21-/t15-/m1/s1. The third-order valence-electron chi connectivity index (χ3n) is 5.66. The second-order valence-corrected chi connectivity index (χ2v) is 10.4. The molecular weight excluding hydrogens is 455 g/mol. The van der Waals surface area contributed by atoms with Gasteiger partial charge in [-0.25, -0.2) is 0 Å². The van der Waals surface area contributed by atoms with Crippen molar-refractivity contribution in [1.82, 2.24) is 9.88 Å². The molecule has 2 aromatic rings. The first-order valence-electron chi connectivity index (χ1n) is 11.0. The molecule has 6 nitrogen and oxygen atoms in total. The summed E-state index contributed by atoms with van der Waals surface area (Å²) >= 11 is 1.36. The minimum atomic E-state index is -4.58. The molecule has 180 valence electrons. The monoisotopic (exact) mass is 483 g/mol. The van der Waals surface area contributed by atoms with Gasteiger partial charge >= 0.3 is 6.18 Å². The van der Waals surface area contributed by atoms with Crippen LogP contribution in [0, 0.1) is 0 Å². The van der Waals surface area contributed by atoms with Gasteiger partial charge in [0.15, 0.2) is 4.80 Å². The predicted molar refractivity (Wildman–Crippen MR) is 119 cm³/mol. The normalized spacial score (nSPS) is 20.2. The van der Waals surface area contributed by atoms with Crippen LogP contribution in [0.25, 0.3) is 0 Å². The van der Waals surface area contributed by atoms with Gasteiger partial charge < -0.3 is 19.4 Å². The number of ether oxygens (including phenoxy) is 2. The van der Waals surface area contributed by atoms with E-state index in [9.17, 15) is 18.0 Å². The fourth-order valence-electron chi connectivity index (χ4n) is 3.60. The zero-order valence-corrected chi connectivity index (χ0v) is 19.7. The van der Waals surface area contributed by atoms with Gasteiger partial charge in [0.2, 0.25) is 0 Å². The molecule has 0 saturated carbocycles. The number of rotatable bonds is 5. The van der Waals surface area contributed by atoms with E-state index in [0.717, 1.165) is 29.9 Å². The van der Waals surface area contributed by atoms with Crippen molar-refractivity contribution < 1.29 is 27.4 Å². The number of hydrogen-bond donors (Lipinski definition) is 1. The molecule has 0 spiro atoms. The third kappa shape index (κ3) is 5.67. The van der Waals surface area contributed by atoms with Crippen molar-refractivity contribution in [2.75, 3.05) is 19.7 Å². The lowest BCUT2D eigenvalue weighted by Gasteiger charge is -2.28. The molecule has 2 saturated heterocycles. The minimum absolute atomic E-state index is 0.0278. The van der Waals surface area contributed by atoms with Crippen LogP contribution in [0.2, 0.25) is 0 Å². The van der Waals surface area contributed by atoms with Crippen molar-refractivity contribution in [2.45, 2.75) is 64.0 Å². The Morgan fingerprint density at radius 3 is 2.64 bits per heavy atom. The van der Waals surface area contributed by atoms with Crippen molar-refractivity contribution >= 4 is 17.2 Å². The van der Waals surface area contributed by atoms with Crippen molar-refractivity contribution in [1.29, 1.82) is 0 Å². The van der Waals surface area contributed by atoms with Crippen LogP contribution in [-0.4, -0.2) is 42.4 Å². The van der Waals surface area contributed by atoms with Gasteiger partial charge in [0, 0.05) is 30.8 Å². The van der Waals surface area contributed by atoms with Gasteiger partial charge in [-0.3, -0.25) is 4.79 Å². The fourth-order valence-corrected chi connectivity index (χ4v) is 4.66. The zero-order chi connectivity index (χ0) is 23.8.